The maximum Gasteiger partial charge on any atom is 0.472 e. The van der Waals surface area contributed by atoms with E-state index in [1.54, 1.807) is 0 Å². The standard InChI is InChI=1S/C74H144O17P2/c1-64(2)50-42-34-26-21-17-15-13-11-9-10-12-14-16-18-23-29-38-46-54-71(76)84-60-69(90-73(78)56-48-40-30-24-20-19-22-27-35-43-51-65(3)4)62-88-92(80,81)86-58-68(75)59-87-93(82,83)89-63-70(61-85-72(77)55-47-39-33-32-37-45-53-67(7)8)91-74(79)57-49-41-31-25-28-36-44-52-66(5)6/h64-70,75H,9-63H2,1-8H3,(H,80,81)(H,82,83)/t68-,69-,70-/m1/s1. The first-order valence-corrected chi connectivity index (χ1v) is 41.2. The number of ether oxygens (including phenoxy) is 4. The summed E-state index contributed by atoms with van der Waals surface area (Å²) in [5.41, 5.74) is 0. The van der Waals surface area contributed by atoms with Gasteiger partial charge in [0.05, 0.1) is 26.4 Å². The smallest absolute Gasteiger partial charge is 0.462 e. The number of carbonyl (C=O) groups excluding carboxylic acids is 4. The van der Waals surface area contributed by atoms with Crippen LogP contribution in [0.4, 0.5) is 0 Å². The lowest BCUT2D eigenvalue weighted by atomic mass is 10.0. The molecule has 5 atom stereocenters. The molecule has 0 bridgehead atoms. The van der Waals surface area contributed by atoms with E-state index >= 15 is 0 Å². The van der Waals surface area contributed by atoms with Crippen molar-refractivity contribution in [2.45, 2.75) is 388 Å². The van der Waals surface area contributed by atoms with E-state index in [1.807, 2.05) is 0 Å². The Morgan fingerprint density at radius 3 is 0.667 bits per heavy atom. The lowest BCUT2D eigenvalue weighted by Crippen LogP contribution is -2.30. The largest absolute Gasteiger partial charge is 0.472 e. The van der Waals surface area contributed by atoms with Crippen molar-refractivity contribution >= 4 is 39.5 Å². The van der Waals surface area contributed by atoms with Gasteiger partial charge >= 0.3 is 39.5 Å². The van der Waals surface area contributed by atoms with Crippen molar-refractivity contribution in [2.75, 3.05) is 39.6 Å². The summed E-state index contributed by atoms with van der Waals surface area (Å²) in [6, 6.07) is 0. The maximum absolute atomic E-state index is 13.1. The van der Waals surface area contributed by atoms with Gasteiger partial charge < -0.3 is 33.8 Å². The third kappa shape index (κ3) is 68.4. The zero-order valence-electron chi connectivity index (χ0n) is 60.9. The summed E-state index contributed by atoms with van der Waals surface area (Å²) in [7, 11) is -9.90. The van der Waals surface area contributed by atoms with Crippen molar-refractivity contribution in [3.8, 4) is 0 Å². The Kier molecular flexibility index (Phi) is 62.2. The highest BCUT2D eigenvalue weighted by molar-refractivity contribution is 7.47. The number of aliphatic hydroxyl groups is 1. The molecule has 19 heteroatoms. The molecule has 2 unspecified atom stereocenters. The highest BCUT2D eigenvalue weighted by Crippen LogP contribution is 2.45. The van der Waals surface area contributed by atoms with Crippen LogP contribution in [0.3, 0.4) is 0 Å². The molecular formula is C74H144O17P2. The van der Waals surface area contributed by atoms with E-state index in [0.717, 1.165) is 108 Å². The highest BCUT2D eigenvalue weighted by atomic mass is 31.2. The maximum atomic E-state index is 13.1. The fourth-order valence-electron chi connectivity index (χ4n) is 11.2. The van der Waals surface area contributed by atoms with Gasteiger partial charge in [-0.2, -0.15) is 0 Å². The second kappa shape index (κ2) is 63.5. The first-order valence-electron chi connectivity index (χ1n) is 38.2. The Hall–Kier alpha value is -1.94. The van der Waals surface area contributed by atoms with Crippen LogP contribution in [0, 0.1) is 23.7 Å². The fourth-order valence-corrected chi connectivity index (χ4v) is 12.8. The molecule has 0 aliphatic heterocycles. The van der Waals surface area contributed by atoms with Crippen molar-refractivity contribution in [1.29, 1.82) is 0 Å². The molecule has 0 radical (unpaired) electrons. The van der Waals surface area contributed by atoms with Crippen LogP contribution in [0.1, 0.15) is 370 Å². The Labute approximate surface area is 568 Å². The molecule has 0 aliphatic carbocycles. The van der Waals surface area contributed by atoms with Gasteiger partial charge in [-0.1, -0.05) is 319 Å². The molecule has 0 aromatic heterocycles. The molecule has 0 spiro atoms. The fraction of sp³-hybridized carbons (Fsp3) is 0.946. The predicted octanol–water partition coefficient (Wildman–Crippen LogP) is 21.3. The Balaban J connectivity index is 5.16. The minimum atomic E-state index is -4.96. The number of hydrogen-bond donors (Lipinski definition) is 3. The SMILES string of the molecule is CC(C)CCCCCCCCCCCCCCCCCCCCC(=O)OC[C@H](COP(=O)(O)OC[C@@H](O)COP(=O)(O)OC[C@@H](COC(=O)CCCCCCCCC(C)C)OC(=O)CCCCCCCCCC(C)C)OC(=O)CCCCCCCCCCCCC(C)C. The van der Waals surface area contributed by atoms with Crippen molar-refractivity contribution in [1.82, 2.24) is 0 Å². The van der Waals surface area contributed by atoms with Gasteiger partial charge in [0, 0.05) is 25.7 Å². The molecule has 0 rings (SSSR count). The van der Waals surface area contributed by atoms with Gasteiger partial charge in [0.25, 0.3) is 0 Å². The number of unbranched alkanes of at least 4 members (excludes halogenated alkanes) is 37. The first-order chi connectivity index (χ1) is 44.6. The summed E-state index contributed by atoms with van der Waals surface area (Å²) < 4.78 is 68.3. The summed E-state index contributed by atoms with van der Waals surface area (Å²) in [6.45, 7) is 14.1. The van der Waals surface area contributed by atoms with Gasteiger partial charge in [-0.05, 0) is 49.4 Å². The van der Waals surface area contributed by atoms with Crippen LogP contribution in [0.2, 0.25) is 0 Å². The Bertz CT molecular complexity index is 1830. The van der Waals surface area contributed by atoms with E-state index < -0.39 is 97.5 Å². The number of phosphoric acid groups is 2. The van der Waals surface area contributed by atoms with E-state index in [0.29, 0.717) is 37.5 Å². The average Bonchev–Trinajstić information content (AvgIpc) is 3.02. The van der Waals surface area contributed by atoms with Crippen LogP contribution < -0.4 is 0 Å². The molecule has 0 fully saturated rings. The number of hydrogen-bond acceptors (Lipinski definition) is 15. The van der Waals surface area contributed by atoms with E-state index in [4.69, 9.17) is 37.0 Å². The minimum Gasteiger partial charge on any atom is -0.462 e. The molecular weight excluding hydrogens is 1220 g/mol. The quantitative estimate of drug-likeness (QED) is 0.0222. The molecule has 0 heterocycles. The number of carbonyl (C=O) groups is 4. The topological polar surface area (TPSA) is 237 Å². The van der Waals surface area contributed by atoms with Gasteiger partial charge in [0.2, 0.25) is 0 Å². The molecule has 3 N–H and O–H groups in total. The number of esters is 4. The summed E-state index contributed by atoms with van der Waals surface area (Å²) in [4.78, 5) is 72.6. The van der Waals surface area contributed by atoms with Crippen molar-refractivity contribution < 1.29 is 80.2 Å². The van der Waals surface area contributed by atoms with E-state index in [1.165, 1.54) is 167 Å². The molecule has 0 saturated heterocycles. The van der Waals surface area contributed by atoms with Crippen molar-refractivity contribution in [3.63, 3.8) is 0 Å². The molecule has 0 aromatic carbocycles. The molecule has 93 heavy (non-hydrogen) atoms. The third-order valence-corrected chi connectivity index (χ3v) is 19.0. The van der Waals surface area contributed by atoms with Gasteiger partial charge in [-0.3, -0.25) is 37.3 Å². The van der Waals surface area contributed by atoms with E-state index in [2.05, 4.69) is 55.4 Å². The number of phosphoric ester groups is 2. The van der Waals surface area contributed by atoms with Gasteiger partial charge in [-0.15, -0.1) is 0 Å². The predicted molar refractivity (Wildman–Crippen MR) is 377 cm³/mol. The van der Waals surface area contributed by atoms with E-state index in [-0.39, 0.29) is 25.7 Å². The second-order valence-electron chi connectivity index (χ2n) is 28.6. The van der Waals surface area contributed by atoms with Crippen LogP contribution >= 0.6 is 15.6 Å². The molecule has 0 aliphatic rings. The van der Waals surface area contributed by atoms with Crippen LogP contribution in [0.5, 0.6) is 0 Å². The molecule has 0 saturated carbocycles. The van der Waals surface area contributed by atoms with Crippen LogP contribution in [-0.4, -0.2) is 96.7 Å². The lowest BCUT2D eigenvalue weighted by molar-refractivity contribution is -0.161. The summed E-state index contributed by atoms with van der Waals surface area (Å²) in [6.07, 6.45) is 47.6. The van der Waals surface area contributed by atoms with Crippen LogP contribution in [0.15, 0.2) is 0 Å². The molecule has 17 nitrogen and oxygen atoms in total. The highest BCUT2D eigenvalue weighted by Gasteiger charge is 2.30. The zero-order valence-corrected chi connectivity index (χ0v) is 62.7. The summed E-state index contributed by atoms with van der Waals surface area (Å²) >= 11 is 0. The average molecular weight is 1370 g/mol. The van der Waals surface area contributed by atoms with Crippen molar-refractivity contribution in [2.24, 2.45) is 23.7 Å². The van der Waals surface area contributed by atoms with E-state index in [9.17, 15) is 43.2 Å². The van der Waals surface area contributed by atoms with Crippen molar-refractivity contribution in [3.05, 3.63) is 0 Å². The van der Waals surface area contributed by atoms with Gasteiger partial charge in [-0.25, -0.2) is 9.13 Å². The minimum absolute atomic E-state index is 0.102. The third-order valence-electron chi connectivity index (χ3n) is 17.1. The summed E-state index contributed by atoms with van der Waals surface area (Å²) in [5.74, 6) is 0.821. The van der Waals surface area contributed by atoms with Gasteiger partial charge in [0.1, 0.15) is 19.3 Å². The monoisotopic (exact) mass is 1370 g/mol. The first kappa shape index (κ1) is 91.1. The second-order valence-corrected chi connectivity index (χ2v) is 31.5. The Morgan fingerprint density at radius 1 is 0.269 bits per heavy atom. The lowest BCUT2D eigenvalue weighted by Gasteiger charge is -2.21. The molecule has 552 valence electrons. The molecule has 0 aromatic rings. The van der Waals surface area contributed by atoms with Crippen LogP contribution in [0.25, 0.3) is 0 Å². The molecule has 0 amide bonds. The van der Waals surface area contributed by atoms with Gasteiger partial charge in [0.15, 0.2) is 12.2 Å². The normalized spacial score (nSPS) is 14.2. The zero-order chi connectivity index (χ0) is 68.9. The van der Waals surface area contributed by atoms with Crippen LogP contribution in [-0.2, 0) is 65.4 Å². The Morgan fingerprint density at radius 2 is 0.452 bits per heavy atom. The number of aliphatic hydroxyl groups excluding tert-OH is 1. The summed E-state index contributed by atoms with van der Waals surface area (Å²) in [5, 5.41) is 10.6. The number of rotatable bonds is 71.